The van der Waals surface area contributed by atoms with Crippen LogP contribution < -0.4 is 14.5 Å². The van der Waals surface area contributed by atoms with E-state index in [1.165, 1.54) is 17.7 Å². The number of hydrogen-bond donors (Lipinski definition) is 1. The molecule has 2 aliphatic rings. The van der Waals surface area contributed by atoms with Gasteiger partial charge in [-0.3, -0.25) is 14.5 Å². The van der Waals surface area contributed by atoms with Crippen LogP contribution in [0.5, 0.6) is 5.75 Å². The predicted octanol–water partition coefficient (Wildman–Crippen LogP) is 5.62. The van der Waals surface area contributed by atoms with Gasteiger partial charge < -0.3 is 14.7 Å². The predicted molar refractivity (Wildman–Crippen MR) is 141 cm³/mol. The number of benzene rings is 3. The van der Waals surface area contributed by atoms with E-state index in [1.807, 2.05) is 62.4 Å². The molecule has 2 aliphatic heterocycles. The Hall–Kier alpha value is -4.06. The highest BCUT2D eigenvalue weighted by Crippen LogP contribution is 2.43. The Morgan fingerprint density at radius 2 is 1.56 bits per heavy atom. The molecule has 3 aromatic rings. The van der Waals surface area contributed by atoms with Crippen molar-refractivity contribution in [3.63, 3.8) is 0 Å². The van der Waals surface area contributed by atoms with E-state index in [0.29, 0.717) is 23.6 Å². The van der Waals surface area contributed by atoms with Crippen LogP contribution in [0.3, 0.4) is 0 Å². The topological polar surface area (TPSA) is 70.1 Å². The minimum absolute atomic E-state index is 0.0853. The molecule has 1 amide bonds. The molecule has 2 heterocycles. The zero-order valence-corrected chi connectivity index (χ0v) is 20.6. The van der Waals surface area contributed by atoms with Crippen LogP contribution in [0.15, 0.2) is 78.4 Å². The SMILES string of the molecule is CCOc1ccc(/C(O)=C2\C(=O)C(=O)N(c3ccc(N4CCCC4)cc3)C2c2ccccc2C)cc1. The van der Waals surface area contributed by atoms with E-state index in [0.717, 1.165) is 29.9 Å². The molecule has 36 heavy (non-hydrogen) atoms. The third-order valence-corrected chi connectivity index (χ3v) is 6.97. The Kier molecular flexibility index (Phi) is 6.51. The molecule has 0 radical (unpaired) electrons. The molecule has 1 N–H and O–H groups in total. The number of aryl methyl sites for hydroxylation is 1. The zero-order valence-electron chi connectivity index (χ0n) is 20.6. The van der Waals surface area contributed by atoms with Crippen molar-refractivity contribution in [2.45, 2.75) is 32.7 Å². The zero-order chi connectivity index (χ0) is 25.2. The van der Waals surface area contributed by atoms with Crippen molar-refractivity contribution in [2.75, 3.05) is 29.5 Å². The lowest BCUT2D eigenvalue weighted by Gasteiger charge is -2.27. The molecule has 184 valence electrons. The van der Waals surface area contributed by atoms with Crippen LogP contribution in [0.25, 0.3) is 5.76 Å². The number of hydrogen-bond acceptors (Lipinski definition) is 5. The van der Waals surface area contributed by atoms with Gasteiger partial charge in [0.15, 0.2) is 0 Å². The molecule has 6 heteroatoms. The Balaban J connectivity index is 1.61. The molecule has 0 saturated carbocycles. The number of ether oxygens (including phenoxy) is 1. The maximum absolute atomic E-state index is 13.4. The number of carbonyl (C=O) groups is 2. The number of nitrogens with zero attached hydrogens (tertiary/aromatic N) is 2. The van der Waals surface area contributed by atoms with E-state index >= 15 is 0 Å². The third kappa shape index (κ3) is 4.24. The van der Waals surface area contributed by atoms with Crippen molar-refractivity contribution < 1.29 is 19.4 Å². The van der Waals surface area contributed by atoms with Crippen LogP contribution in [-0.2, 0) is 9.59 Å². The summed E-state index contributed by atoms with van der Waals surface area (Å²) in [5.74, 6) is -0.869. The van der Waals surface area contributed by atoms with E-state index < -0.39 is 17.7 Å². The van der Waals surface area contributed by atoms with Crippen molar-refractivity contribution in [3.8, 4) is 5.75 Å². The first-order valence-electron chi connectivity index (χ1n) is 12.4. The minimum atomic E-state index is -0.740. The maximum atomic E-state index is 13.4. The van der Waals surface area contributed by atoms with Crippen molar-refractivity contribution in [1.82, 2.24) is 0 Å². The van der Waals surface area contributed by atoms with Crippen molar-refractivity contribution >= 4 is 28.8 Å². The van der Waals surface area contributed by atoms with Gasteiger partial charge in [-0.2, -0.15) is 0 Å². The quantitative estimate of drug-likeness (QED) is 0.281. The summed E-state index contributed by atoms with van der Waals surface area (Å²) >= 11 is 0. The lowest BCUT2D eigenvalue weighted by molar-refractivity contribution is -0.132. The average molecular weight is 483 g/mol. The molecule has 1 unspecified atom stereocenters. The molecule has 1 atom stereocenters. The highest BCUT2D eigenvalue weighted by molar-refractivity contribution is 6.51. The molecule has 0 bridgehead atoms. The highest BCUT2D eigenvalue weighted by atomic mass is 16.5. The van der Waals surface area contributed by atoms with Crippen molar-refractivity contribution in [1.29, 1.82) is 0 Å². The highest BCUT2D eigenvalue weighted by Gasteiger charge is 2.47. The molecule has 0 aliphatic carbocycles. The second kappa shape index (κ2) is 9.90. The number of amides is 1. The Morgan fingerprint density at radius 3 is 2.19 bits per heavy atom. The van der Waals surface area contributed by atoms with Crippen molar-refractivity contribution in [2.24, 2.45) is 0 Å². The Morgan fingerprint density at radius 1 is 0.917 bits per heavy atom. The van der Waals surface area contributed by atoms with E-state index in [9.17, 15) is 14.7 Å². The molecular formula is C30H30N2O4. The van der Waals surface area contributed by atoms with Crippen LogP contribution in [-0.4, -0.2) is 36.5 Å². The van der Waals surface area contributed by atoms with E-state index in [1.54, 1.807) is 24.3 Å². The van der Waals surface area contributed by atoms with Gasteiger partial charge in [-0.1, -0.05) is 24.3 Å². The van der Waals surface area contributed by atoms with Gasteiger partial charge in [0.1, 0.15) is 11.5 Å². The van der Waals surface area contributed by atoms with Gasteiger partial charge in [0, 0.05) is 30.0 Å². The number of rotatable bonds is 6. The summed E-state index contributed by atoms with van der Waals surface area (Å²) in [6.07, 6.45) is 2.35. The first-order valence-corrected chi connectivity index (χ1v) is 12.4. The molecule has 3 aromatic carbocycles. The maximum Gasteiger partial charge on any atom is 0.300 e. The molecular weight excluding hydrogens is 452 g/mol. The fraction of sp³-hybridized carbons (Fsp3) is 0.267. The standard InChI is InChI=1S/C30H30N2O4/c1-3-36-24-16-10-21(11-17-24)28(33)26-27(25-9-5-4-8-20(25)2)32(30(35)29(26)34)23-14-12-22(13-15-23)31-18-6-7-19-31/h4-5,8-17,27,33H,3,6-7,18-19H2,1-2H3/b28-26+. The van der Waals surface area contributed by atoms with Crippen LogP contribution in [0.1, 0.15) is 42.5 Å². The van der Waals surface area contributed by atoms with Gasteiger partial charge in [-0.25, -0.2) is 0 Å². The Labute approximate surface area is 211 Å². The summed E-state index contributed by atoms with van der Waals surface area (Å²) in [4.78, 5) is 30.7. The van der Waals surface area contributed by atoms with Gasteiger partial charge >= 0.3 is 0 Å². The number of aliphatic hydroxyl groups is 1. The van der Waals surface area contributed by atoms with Crippen LogP contribution >= 0.6 is 0 Å². The van der Waals surface area contributed by atoms with E-state index in [4.69, 9.17) is 4.74 Å². The molecule has 0 spiro atoms. The number of Topliss-reactive ketones (excluding diaryl/α,β-unsaturated/α-hetero) is 1. The van der Waals surface area contributed by atoms with Gasteiger partial charge in [0.25, 0.3) is 11.7 Å². The number of ketones is 1. The van der Waals surface area contributed by atoms with Gasteiger partial charge in [0.2, 0.25) is 0 Å². The second-order valence-electron chi connectivity index (χ2n) is 9.19. The van der Waals surface area contributed by atoms with Crippen molar-refractivity contribution in [3.05, 3.63) is 95.1 Å². The third-order valence-electron chi connectivity index (χ3n) is 6.97. The summed E-state index contributed by atoms with van der Waals surface area (Å²) in [5, 5.41) is 11.3. The lowest BCUT2D eigenvalue weighted by Crippen LogP contribution is -2.29. The molecule has 2 fully saturated rings. The van der Waals surface area contributed by atoms with Gasteiger partial charge in [-0.15, -0.1) is 0 Å². The first-order chi connectivity index (χ1) is 17.5. The fourth-order valence-electron chi connectivity index (χ4n) is 5.12. The van der Waals surface area contributed by atoms with Gasteiger partial charge in [-0.05, 0) is 86.3 Å². The lowest BCUT2D eigenvalue weighted by atomic mass is 9.92. The van der Waals surface area contributed by atoms with Gasteiger partial charge in [0.05, 0.1) is 18.2 Å². The summed E-state index contributed by atoms with van der Waals surface area (Å²) in [7, 11) is 0. The average Bonchev–Trinajstić information content (AvgIpc) is 3.52. The summed E-state index contributed by atoms with van der Waals surface area (Å²) in [6, 6.07) is 21.6. The van der Waals surface area contributed by atoms with Crippen LogP contribution in [0.2, 0.25) is 0 Å². The van der Waals surface area contributed by atoms with Crippen LogP contribution in [0.4, 0.5) is 11.4 Å². The number of aliphatic hydroxyl groups excluding tert-OH is 1. The summed E-state index contributed by atoms with van der Waals surface area (Å²) in [6.45, 7) is 6.42. The number of anilines is 2. The first kappa shape index (κ1) is 23.7. The van der Waals surface area contributed by atoms with E-state index in [2.05, 4.69) is 4.90 Å². The fourth-order valence-corrected chi connectivity index (χ4v) is 5.12. The number of carbonyl (C=O) groups excluding carboxylic acids is 2. The second-order valence-corrected chi connectivity index (χ2v) is 9.19. The smallest absolute Gasteiger partial charge is 0.300 e. The largest absolute Gasteiger partial charge is 0.507 e. The molecule has 5 rings (SSSR count). The molecule has 2 saturated heterocycles. The summed E-state index contributed by atoms with van der Waals surface area (Å²) in [5.41, 5.74) is 4.00. The Bertz CT molecular complexity index is 1310. The monoisotopic (exact) mass is 482 g/mol. The van der Waals surface area contributed by atoms with Crippen LogP contribution in [0, 0.1) is 6.92 Å². The normalized spacial score (nSPS) is 19.2. The molecule has 0 aromatic heterocycles. The summed E-state index contributed by atoms with van der Waals surface area (Å²) < 4.78 is 5.50. The van der Waals surface area contributed by atoms with E-state index in [-0.39, 0.29) is 11.3 Å². The minimum Gasteiger partial charge on any atom is -0.507 e. The molecule has 6 nitrogen and oxygen atoms in total.